The summed E-state index contributed by atoms with van der Waals surface area (Å²) in [6.45, 7) is 10.9. The van der Waals surface area contributed by atoms with Crippen LogP contribution in [0, 0.1) is 13.8 Å². The van der Waals surface area contributed by atoms with Gasteiger partial charge in [0.05, 0.1) is 17.3 Å². The molecule has 2 aromatic carbocycles. The van der Waals surface area contributed by atoms with E-state index in [2.05, 4.69) is 50.8 Å². The van der Waals surface area contributed by atoms with E-state index in [4.69, 9.17) is 9.72 Å². The van der Waals surface area contributed by atoms with Gasteiger partial charge in [-0.3, -0.25) is 9.59 Å². The highest BCUT2D eigenvalue weighted by Gasteiger charge is 2.22. The van der Waals surface area contributed by atoms with Gasteiger partial charge in [0.2, 0.25) is 0 Å². The Balaban J connectivity index is 1.36. The van der Waals surface area contributed by atoms with Crippen molar-refractivity contribution in [2.75, 3.05) is 18.5 Å². The SMILES string of the molecule is CCc1nc2c(cnn2CC)c(NC2CCOCC2)c1CNC(=O)c1cc(C)cc(C(=O)NCc2ccc(C)c(Br)c2)c1. The largest absolute Gasteiger partial charge is 0.381 e. The summed E-state index contributed by atoms with van der Waals surface area (Å²) in [5, 5.41) is 15.4. The van der Waals surface area contributed by atoms with Crippen LogP contribution < -0.4 is 16.0 Å². The Morgan fingerprint density at radius 3 is 2.35 bits per heavy atom. The molecule has 0 spiro atoms. The zero-order valence-corrected chi connectivity index (χ0v) is 26.8. The van der Waals surface area contributed by atoms with Crippen molar-refractivity contribution in [1.29, 1.82) is 0 Å². The number of nitrogens with zero attached hydrogens (tertiary/aromatic N) is 3. The van der Waals surface area contributed by atoms with Gasteiger partial charge in [0.1, 0.15) is 0 Å². The number of carbonyl (C=O) groups is 2. The molecule has 0 saturated carbocycles. The molecular weight excluding hydrogens is 608 g/mol. The molecule has 43 heavy (non-hydrogen) atoms. The number of hydrogen-bond donors (Lipinski definition) is 3. The summed E-state index contributed by atoms with van der Waals surface area (Å²) in [7, 11) is 0. The van der Waals surface area contributed by atoms with Crippen LogP contribution in [-0.2, 0) is 30.8 Å². The van der Waals surface area contributed by atoms with Crippen LogP contribution in [0.15, 0.2) is 47.1 Å². The molecule has 4 aromatic rings. The number of hydrogen-bond acceptors (Lipinski definition) is 6. The van der Waals surface area contributed by atoms with Gasteiger partial charge in [-0.1, -0.05) is 35.0 Å². The van der Waals surface area contributed by atoms with E-state index in [-0.39, 0.29) is 17.9 Å². The average molecular weight is 648 g/mol. The van der Waals surface area contributed by atoms with E-state index in [1.807, 2.05) is 42.9 Å². The highest BCUT2D eigenvalue weighted by Crippen LogP contribution is 2.31. The summed E-state index contributed by atoms with van der Waals surface area (Å²) in [6, 6.07) is 11.5. The summed E-state index contributed by atoms with van der Waals surface area (Å²) in [6.07, 6.45) is 4.40. The summed E-state index contributed by atoms with van der Waals surface area (Å²) in [5.74, 6) is -0.475. The van der Waals surface area contributed by atoms with Gasteiger partial charge >= 0.3 is 0 Å². The number of ether oxygens (including phenoxy) is 1. The van der Waals surface area contributed by atoms with Crippen molar-refractivity contribution in [2.45, 2.75) is 72.6 Å². The maximum absolute atomic E-state index is 13.5. The van der Waals surface area contributed by atoms with Crippen LogP contribution in [0.25, 0.3) is 11.0 Å². The van der Waals surface area contributed by atoms with Gasteiger partial charge in [0.15, 0.2) is 5.65 Å². The number of nitrogens with one attached hydrogen (secondary N) is 3. The van der Waals surface area contributed by atoms with Crippen molar-refractivity contribution in [3.63, 3.8) is 0 Å². The fourth-order valence-corrected chi connectivity index (χ4v) is 5.87. The van der Waals surface area contributed by atoms with Crippen molar-refractivity contribution >= 4 is 44.5 Å². The molecule has 0 radical (unpaired) electrons. The first-order chi connectivity index (χ1) is 20.8. The van der Waals surface area contributed by atoms with Crippen LogP contribution in [0.1, 0.15) is 75.4 Å². The number of benzene rings is 2. The first kappa shape index (κ1) is 30.7. The fraction of sp³-hybridized carbons (Fsp3) is 0.394. The highest BCUT2D eigenvalue weighted by molar-refractivity contribution is 9.10. The lowest BCUT2D eigenvalue weighted by molar-refractivity contribution is 0.0904. The van der Waals surface area contributed by atoms with Crippen molar-refractivity contribution in [3.8, 4) is 0 Å². The number of aromatic nitrogens is 3. The Morgan fingerprint density at radius 1 is 1.00 bits per heavy atom. The quantitative estimate of drug-likeness (QED) is 0.200. The third-order valence-electron chi connectivity index (χ3n) is 7.89. The molecule has 9 nitrogen and oxygen atoms in total. The molecule has 0 atom stereocenters. The number of pyridine rings is 1. The number of halogens is 1. The van der Waals surface area contributed by atoms with Crippen molar-refractivity contribution in [2.24, 2.45) is 0 Å². The molecule has 0 aliphatic carbocycles. The Kier molecular flexibility index (Phi) is 9.77. The molecule has 1 aliphatic heterocycles. The van der Waals surface area contributed by atoms with Crippen LogP contribution in [0.5, 0.6) is 0 Å². The number of anilines is 1. The predicted octanol–water partition coefficient (Wildman–Crippen LogP) is 5.84. The van der Waals surface area contributed by atoms with Crippen LogP contribution in [0.4, 0.5) is 5.69 Å². The van der Waals surface area contributed by atoms with Crippen molar-refractivity contribution < 1.29 is 14.3 Å². The van der Waals surface area contributed by atoms with E-state index in [1.54, 1.807) is 18.2 Å². The fourth-order valence-electron chi connectivity index (χ4n) is 5.45. The van der Waals surface area contributed by atoms with Crippen LogP contribution in [0.2, 0.25) is 0 Å². The van der Waals surface area contributed by atoms with Gasteiger partial charge in [-0.15, -0.1) is 0 Å². The first-order valence-corrected chi connectivity index (χ1v) is 15.7. The van der Waals surface area contributed by atoms with Gasteiger partial charge in [0.25, 0.3) is 11.8 Å². The predicted molar refractivity (Wildman–Crippen MR) is 172 cm³/mol. The van der Waals surface area contributed by atoms with Gasteiger partial charge in [0, 0.05) is 65.7 Å². The lowest BCUT2D eigenvalue weighted by Gasteiger charge is -2.26. The number of rotatable bonds is 10. The molecule has 2 aromatic heterocycles. The first-order valence-electron chi connectivity index (χ1n) is 14.9. The van der Waals surface area contributed by atoms with Crippen LogP contribution in [-0.4, -0.2) is 45.8 Å². The third kappa shape index (κ3) is 7.08. The Hall–Kier alpha value is -3.76. The Labute approximate surface area is 260 Å². The summed E-state index contributed by atoms with van der Waals surface area (Å²) < 4.78 is 8.48. The van der Waals surface area contributed by atoms with Crippen molar-refractivity contribution in [3.05, 3.63) is 86.1 Å². The minimum atomic E-state index is -0.247. The number of carbonyl (C=O) groups excluding carboxylic acids is 2. The molecule has 1 fully saturated rings. The zero-order valence-electron chi connectivity index (χ0n) is 25.2. The molecule has 3 N–H and O–H groups in total. The Morgan fingerprint density at radius 2 is 1.70 bits per heavy atom. The molecule has 226 valence electrons. The van der Waals surface area contributed by atoms with Gasteiger partial charge in [-0.05, 0) is 81.0 Å². The second-order valence-corrected chi connectivity index (χ2v) is 11.9. The maximum atomic E-state index is 13.5. The molecular formula is C33H39BrN6O3. The summed E-state index contributed by atoms with van der Waals surface area (Å²) in [5.41, 5.74) is 7.54. The van der Waals surface area contributed by atoms with E-state index in [0.29, 0.717) is 30.6 Å². The number of amides is 2. The number of fused-ring (bicyclic) bond motifs is 1. The van der Waals surface area contributed by atoms with E-state index < -0.39 is 0 Å². The number of aryl methyl sites for hydroxylation is 4. The molecule has 0 bridgehead atoms. The minimum Gasteiger partial charge on any atom is -0.381 e. The van der Waals surface area contributed by atoms with Crippen molar-refractivity contribution in [1.82, 2.24) is 25.4 Å². The van der Waals surface area contributed by atoms with Gasteiger partial charge in [-0.25, -0.2) is 9.67 Å². The molecule has 1 aliphatic rings. The standard InChI is InChI=1S/C33H39BrN6O3/c1-5-29-26(30(38-25-9-11-43-12-10-25)27-19-37-40(6-2)31(27)39-29)18-36-33(42)24-14-20(3)13-23(16-24)32(41)35-17-22-8-7-21(4)28(34)15-22/h7-8,13-16,19,25H,5-6,9-12,17-18H2,1-4H3,(H,35,41)(H,36,42)(H,38,39). The molecule has 3 heterocycles. The third-order valence-corrected chi connectivity index (χ3v) is 8.75. The lowest BCUT2D eigenvalue weighted by atomic mass is 10.0. The van der Waals surface area contributed by atoms with E-state index in [9.17, 15) is 9.59 Å². The van der Waals surface area contributed by atoms with E-state index >= 15 is 0 Å². The molecule has 1 saturated heterocycles. The average Bonchev–Trinajstić information content (AvgIpc) is 3.43. The van der Waals surface area contributed by atoms with Crippen LogP contribution >= 0.6 is 15.9 Å². The monoisotopic (exact) mass is 646 g/mol. The molecule has 5 rings (SSSR count). The lowest BCUT2D eigenvalue weighted by Crippen LogP contribution is -2.30. The van der Waals surface area contributed by atoms with Crippen LogP contribution in [0.3, 0.4) is 0 Å². The maximum Gasteiger partial charge on any atom is 0.251 e. The topological polar surface area (TPSA) is 110 Å². The second-order valence-electron chi connectivity index (χ2n) is 11.0. The second kappa shape index (κ2) is 13.7. The molecule has 0 unspecified atom stereocenters. The zero-order chi connectivity index (χ0) is 30.5. The molecule has 10 heteroatoms. The van der Waals surface area contributed by atoms with Gasteiger partial charge < -0.3 is 20.7 Å². The summed E-state index contributed by atoms with van der Waals surface area (Å²) in [4.78, 5) is 31.5. The van der Waals surface area contributed by atoms with Gasteiger partial charge in [-0.2, -0.15) is 5.10 Å². The summed E-state index contributed by atoms with van der Waals surface area (Å²) >= 11 is 3.54. The smallest absolute Gasteiger partial charge is 0.251 e. The molecule has 2 amide bonds. The van der Waals surface area contributed by atoms with E-state index in [0.717, 1.165) is 81.7 Å². The van der Waals surface area contributed by atoms with E-state index in [1.165, 1.54) is 0 Å². The highest BCUT2D eigenvalue weighted by atomic mass is 79.9. The minimum absolute atomic E-state index is 0.228. The Bertz CT molecular complexity index is 1640. The normalized spacial score (nSPS) is 13.7.